The van der Waals surface area contributed by atoms with Crippen molar-refractivity contribution < 1.29 is 18.0 Å². The lowest BCUT2D eigenvalue weighted by Gasteiger charge is -2.11. The molecular weight excluding hydrogens is 433 g/mol. The monoisotopic (exact) mass is 452 g/mol. The number of carbonyl (C=O) groups is 1. The Hall–Kier alpha value is -3.88. The summed E-state index contributed by atoms with van der Waals surface area (Å²) in [7, 11) is 0. The Morgan fingerprint density at radius 3 is 2.73 bits per heavy atom. The molecule has 1 fully saturated rings. The molecule has 2 N–H and O–H groups in total. The van der Waals surface area contributed by atoms with Gasteiger partial charge in [0, 0.05) is 28.8 Å². The quantitative estimate of drug-likeness (QED) is 0.473. The lowest BCUT2D eigenvalue weighted by atomic mass is 10.0. The summed E-state index contributed by atoms with van der Waals surface area (Å²) in [6, 6.07) is 13.6. The van der Waals surface area contributed by atoms with Crippen LogP contribution < -0.4 is 10.9 Å². The zero-order chi connectivity index (χ0) is 23.2. The summed E-state index contributed by atoms with van der Waals surface area (Å²) < 4.78 is 41.1. The van der Waals surface area contributed by atoms with Crippen LogP contribution in [0.1, 0.15) is 34.5 Å². The van der Waals surface area contributed by atoms with Gasteiger partial charge in [0.15, 0.2) is 0 Å². The van der Waals surface area contributed by atoms with Crippen LogP contribution in [0.2, 0.25) is 0 Å². The van der Waals surface area contributed by atoms with Crippen molar-refractivity contribution in [3.05, 3.63) is 88.1 Å². The van der Waals surface area contributed by atoms with Gasteiger partial charge in [-0.1, -0.05) is 18.2 Å². The normalized spacial score (nSPS) is 13.9. The molecule has 33 heavy (non-hydrogen) atoms. The number of benzene rings is 2. The number of aromatic amines is 1. The van der Waals surface area contributed by atoms with Crippen LogP contribution in [0.15, 0.2) is 65.7 Å². The second kappa shape index (κ2) is 7.91. The molecule has 1 saturated carbocycles. The second-order valence-electron chi connectivity index (χ2n) is 8.16. The van der Waals surface area contributed by atoms with Gasteiger partial charge in [-0.3, -0.25) is 14.7 Å². The number of nitrogens with one attached hydrogen (secondary N) is 2. The molecule has 2 heterocycles. The number of pyridine rings is 1. The predicted molar refractivity (Wildman–Crippen MR) is 117 cm³/mol. The summed E-state index contributed by atoms with van der Waals surface area (Å²) in [4.78, 5) is 25.3. The number of nitrogens with zero attached hydrogens (tertiary/aromatic N) is 2. The first kappa shape index (κ1) is 21.0. The van der Waals surface area contributed by atoms with Gasteiger partial charge in [0.2, 0.25) is 0 Å². The van der Waals surface area contributed by atoms with Crippen molar-refractivity contribution in [1.82, 2.24) is 20.1 Å². The van der Waals surface area contributed by atoms with Gasteiger partial charge in [-0.25, -0.2) is 0 Å². The van der Waals surface area contributed by atoms with Gasteiger partial charge in [0.1, 0.15) is 5.69 Å². The summed E-state index contributed by atoms with van der Waals surface area (Å²) in [6.45, 7) is 0.265. The van der Waals surface area contributed by atoms with Gasteiger partial charge in [0.05, 0.1) is 12.7 Å². The molecule has 1 amide bonds. The van der Waals surface area contributed by atoms with Crippen molar-refractivity contribution in [3.63, 3.8) is 0 Å². The highest BCUT2D eigenvalue weighted by molar-refractivity contribution is 5.94. The fourth-order valence-corrected chi connectivity index (χ4v) is 3.81. The first-order chi connectivity index (χ1) is 15.8. The Kier molecular flexibility index (Phi) is 5.03. The number of hydrogen-bond donors (Lipinski definition) is 2. The van der Waals surface area contributed by atoms with E-state index in [2.05, 4.69) is 10.4 Å². The Morgan fingerprint density at radius 1 is 1.15 bits per heavy atom. The van der Waals surface area contributed by atoms with Crippen LogP contribution in [0.3, 0.4) is 0 Å². The van der Waals surface area contributed by atoms with E-state index < -0.39 is 11.9 Å². The van der Waals surface area contributed by atoms with E-state index in [-0.39, 0.29) is 29.6 Å². The molecule has 0 saturated heterocycles. The van der Waals surface area contributed by atoms with Crippen LogP contribution in [-0.4, -0.2) is 26.7 Å². The van der Waals surface area contributed by atoms with Crippen LogP contribution in [-0.2, 0) is 12.7 Å². The van der Waals surface area contributed by atoms with Crippen molar-refractivity contribution >= 4 is 16.7 Å². The van der Waals surface area contributed by atoms with Crippen molar-refractivity contribution in [2.45, 2.75) is 31.6 Å². The zero-order valence-electron chi connectivity index (χ0n) is 17.3. The molecule has 0 unspecified atom stereocenters. The molecule has 5 rings (SSSR count). The maximum absolute atomic E-state index is 13.2. The molecule has 2 aromatic carbocycles. The lowest BCUT2D eigenvalue weighted by molar-refractivity contribution is -0.140. The van der Waals surface area contributed by atoms with E-state index in [0.29, 0.717) is 21.9 Å². The van der Waals surface area contributed by atoms with Gasteiger partial charge in [-0.15, -0.1) is 0 Å². The molecule has 4 aromatic rings. The van der Waals surface area contributed by atoms with Gasteiger partial charge >= 0.3 is 6.18 Å². The van der Waals surface area contributed by atoms with Crippen LogP contribution in [0.5, 0.6) is 0 Å². The number of halogens is 3. The maximum atomic E-state index is 13.2. The lowest BCUT2D eigenvalue weighted by Crippen LogP contribution is -2.25. The second-order valence-corrected chi connectivity index (χ2v) is 8.16. The summed E-state index contributed by atoms with van der Waals surface area (Å²) in [5.41, 5.74) is 0.379. The molecule has 2 aromatic heterocycles. The standard InChI is InChI=1S/C24H19F3N4O2/c25-24(26,27)21-20(12-28-30-21)15-4-7-19-16(11-15)8-9-31(23(19)33)13-14-2-1-3-17(10-14)22(32)29-18-5-6-18/h1-4,7-12,18H,5-6,13H2,(H,28,30)(H,29,32). The fourth-order valence-electron chi connectivity index (χ4n) is 3.81. The average molecular weight is 452 g/mol. The number of fused-ring (bicyclic) bond motifs is 1. The van der Waals surface area contributed by atoms with Crippen molar-refractivity contribution in [3.8, 4) is 11.1 Å². The molecule has 0 spiro atoms. The van der Waals surface area contributed by atoms with E-state index in [4.69, 9.17) is 0 Å². The van der Waals surface area contributed by atoms with Gasteiger partial charge in [0.25, 0.3) is 11.5 Å². The molecular formula is C24H19F3N4O2. The molecule has 0 radical (unpaired) electrons. The number of amides is 1. The van der Waals surface area contributed by atoms with Gasteiger partial charge in [-0.2, -0.15) is 18.3 Å². The van der Waals surface area contributed by atoms with Gasteiger partial charge < -0.3 is 9.88 Å². The van der Waals surface area contributed by atoms with Crippen molar-refractivity contribution in [2.24, 2.45) is 0 Å². The number of H-pyrrole nitrogens is 1. The summed E-state index contributed by atoms with van der Waals surface area (Å²) in [6.07, 6.45) is 0.160. The minimum atomic E-state index is -4.56. The van der Waals surface area contributed by atoms with E-state index >= 15 is 0 Å². The zero-order valence-corrected chi connectivity index (χ0v) is 17.3. The third-order valence-electron chi connectivity index (χ3n) is 5.67. The van der Waals surface area contributed by atoms with Crippen molar-refractivity contribution in [1.29, 1.82) is 0 Å². The molecule has 9 heteroatoms. The van der Waals surface area contributed by atoms with Crippen molar-refractivity contribution in [2.75, 3.05) is 0 Å². The van der Waals surface area contributed by atoms with Crippen LogP contribution in [0.4, 0.5) is 13.2 Å². The third-order valence-corrected chi connectivity index (χ3v) is 5.67. The highest BCUT2D eigenvalue weighted by Gasteiger charge is 2.36. The molecule has 0 aliphatic heterocycles. The molecule has 168 valence electrons. The van der Waals surface area contributed by atoms with E-state index in [1.54, 1.807) is 36.5 Å². The topological polar surface area (TPSA) is 79.8 Å². The van der Waals surface area contributed by atoms with Crippen LogP contribution in [0, 0.1) is 0 Å². The SMILES string of the molecule is O=C(NC1CC1)c1cccc(Cn2ccc3cc(-c4cn[nH]c4C(F)(F)F)ccc3c2=O)c1. The number of rotatable bonds is 5. The minimum Gasteiger partial charge on any atom is -0.349 e. The molecule has 0 atom stereocenters. The highest BCUT2D eigenvalue weighted by Crippen LogP contribution is 2.36. The molecule has 6 nitrogen and oxygen atoms in total. The van der Waals surface area contributed by atoms with Crippen LogP contribution in [0.25, 0.3) is 21.9 Å². The minimum absolute atomic E-state index is 0.0742. The van der Waals surface area contributed by atoms with E-state index in [0.717, 1.165) is 24.6 Å². The Bertz CT molecular complexity index is 1420. The Labute approximate surface area is 186 Å². The number of aromatic nitrogens is 3. The highest BCUT2D eigenvalue weighted by atomic mass is 19.4. The smallest absolute Gasteiger partial charge is 0.349 e. The van der Waals surface area contributed by atoms with E-state index in [9.17, 15) is 22.8 Å². The average Bonchev–Trinajstić information content (AvgIpc) is 3.45. The Morgan fingerprint density at radius 2 is 1.97 bits per heavy atom. The van der Waals surface area contributed by atoms with Crippen LogP contribution >= 0.6 is 0 Å². The fraction of sp³-hybridized carbons (Fsp3) is 0.208. The van der Waals surface area contributed by atoms with E-state index in [1.807, 2.05) is 11.2 Å². The Balaban J connectivity index is 1.44. The largest absolute Gasteiger partial charge is 0.433 e. The summed E-state index contributed by atoms with van der Waals surface area (Å²) >= 11 is 0. The first-order valence-electron chi connectivity index (χ1n) is 10.4. The molecule has 1 aliphatic carbocycles. The predicted octanol–water partition coefficient (Wildman–Crippen LogP) is 4.35. The van der Waals surface area contributed by atoms with E-state index in [1.165, 1.54) is 16.7 Å². The third kappa shape index (κ3) is 4.26. The summed E-state index contributed by atoms with van der Waals surface area (Å²) in [5, 5.41) is 9.38. The summed E-state index contributed by atoms with van der Waals surface area (Å²) in [5.74, 6) is -0.129. The number of hydrogen-bond acceptors (Lipinski definition) is 3. The first-order valence-corrected chi connectivity index (χ1v) is 10.4. The number of carbonyl (C=O) groups excluding carboxylic acids is 1. The number of alkyl halides is 3. The van der Waals surface area contributed by atoms with Gasteiger partial charge in [-0.05, 0) is 59.7 Å². The molecule has 0 bridgehead atoms. The maximum Gasteiger partial charge on any atom is 0.433 e. The molecule has 1 aliphatic rings.